The molecular weight excluding hydrogens is 230 g/mol. The van der Waals surface area contributed by atoms with E-state index in [1.54, 1.807) is 18.3 Å². The van der Waals surface area contributed by atoms with Crippen LogP contribution in [-0.4, -0.2) is 15.1 Å². The van der Waals surface area contributed by atoms with E-state index in [1.165, 1.54) is 0 Å². The maximum atomic E-state index is 9.58. The monoisotopic (exact) mass is 243 g/mol. The van der Waals surface area contributed by atoms with Crippen molar-refractivity contribution in [3.63, 3.8) is 0 Å². The number of aromatic nitrogens is 2. The Bertz CT molecular complexity index is 712. The smallest absolute Gasteiger partial charge is 0.208 e. The first-order valence-corrected chi connectivity index (χ1v) is 5.65. The molecule has 0 aliphatic carbocycles. The molecular formula is C13H13N3O2. The number of rotatable bonds is 2. The summed E-state index contributed by atoms with van der Waals surface area (Å²) in [4.78, 5) is 7.34. The summed E-state index contributed by atoms with van der Waals surface area (Å²) in [5, 5.41) is 10.5. The van der Waals surface area contributed by atoms with Crippen molar-refractivity contribution in [2.45, 2.75) is 13.5 Å². The van der Waals surface area contributed by atoms with Crippen molar-refractivity contribution < 1.29 is 9.52 Å². The standard InChI is InChI=1S/C13H13N3O2/c1-7-13(11-6-15-12(5-14)18-11)9-4-8(17)2-3-10(9)16-7/h2-4,6,16-17H,5,14H2,1H3. The van der Waals surface area contributed by atoms with Crippen LogP contribution in [-0.2, 0) is 6.54 Å². The van der Waals surface area contributed by atoms with E-state index < -0.39 is 0 Å². The molecule has 3 rings (SSSR count). The van der Waals surface area contributed by atoms with Crippen molar-refractivity contribution in [3.8, 4) is 17.1 Å². The molecule has 0 spiro atoms. The van der Waals surface area contributed by atoms with Gasteiger partial charge in [0.25, 0.3) is 0 Å². The molecule has 2 heterocycles. The van der Waals surface area contributed by atoms with E-state index in [9.17, 15) is 5.11 Å². The Hall–Kier alpha value is -2.27. The van der Waals surface area contributed by atoms with Gasteiger partial charge in [-0.05, 0) is 25.1 Å². The van der Waals surface area contributed by atoms with Crippen LogP contribution < -0.4 is 5.73 Å². The summed E-state index contributed by atoms with van der Waals surface area (Å²) >= 11 is 0. The Balaban J connectivity index is 2.26. The molecule has 0 aliphatic rings. The van der Waals surface area contributed by atoms with E-state index in [0.29, 0.717) is 11.7 Å². The fraction of sp³-hybridized carbons (Fsp3) is 0.154. The number of phenols is 1. The summed E-state index contributed by atoms with van der Waals surface area (Å²) in [5.41, 5.74) is 8.32. The Kier molecular flexibility index (Phi) is 2.34. The maximum absolute atomic E-state index is 9.58. The molecule has 1 aromatic carbocycles. The van der Waals surface area contributed by atoms with Gasteiger partial charge in [0.2, 0.25) is 5.89 Å². The number of H-pyrrole nitrogens is 1. The highest BCUT2D eigenvalue weighted by Crippen LogP contribution is 2.34. The van der Waals surface area contributed by atoms with Crippen LogP contribution in [0.3, 0.4) is 0 Å². The molecule has 0 fully saturated rings. The van der Waals surface area contributed by atoms with E-state index in [4.69, 9.17) is 10.2 Å². The molecule has 0 saturated heterocycles. The number of aromatic amines is 1. The highest BCUT2D eigenvalue weighted by Gasteiger charge is 2.15. The lowest BCUT2D eigenvalue weighted by Gasteiger charge is -1.97. The summed E-state index contributed by atoms with van der Waals surface area (Å²) in [6, 6.07) is 5.19. The molecule has 0 bridgehead atoms. The van der Waals surface area contributed by atoms with Crippen molar-refractivity contribution in [2.75, 3.05) is 0 Å². The number of aryl methyl sites for hydroxylation is 1. The van der Waals surface area contributed by atoms with Crippen molar-refractivity contribution in [3.05, 3.63) is 36.0 Å². The lowest BCUT2D eigenvalue weighted by atomic mass is 10.1. The maximum Gasteiger partial charge on any atom is 0.208 e. The molecule has 0 amide bonds. The molecule has 0 aliphatic heterocycles. The summed E-state index contributed by atoms with van der Waals surface area (Å²) in [6.07, 6.45) is 1.65. The fourth-order valence-electron chi connectivity index (χ4n) is 2.15. The van der Waals surface area contributed by atoms with E-state index in [0.717, 1.165) is 22.2 Å². The minimum Gasteiger partial charge on any atom is -0.508 e. The molecule has 0 atom stereocenters. The zero-order chi connectivity index (χ0) is 12.7. The average molecular weight is 243 g/mol. The number of nitrogens with two attached hydrogens (primary N) is 1. The van der Waals surface area contributed by atoms with Crippen LogP contribution in [0, 0.1) is 6.92 Å². The van der Waals surface area contributed by atoms with Gasteiger partial charge in [0, 0.05) is 22.2 Å². The first kappa shape index (κ1) is 10.9. The second-order valence-corrected chi connectivity index (χ2v) is 4.18. The SMILES string of the molecule is Cc1[nH]c2ccc(O)cc2c1-c1cnc(CN)o1. The summed E-state index contributed by atoms with van der Waals surface area (Å²) in [6.45, 7) is 2.23. The Morgan fingerprint density at radius 2 is 2.28 bits per heavy atom. The van der Waals surface area contributed by atoms with Gasteiger partial charge in [-0.25, -0.2) is 4.98 Å². The molecule has 3 aromatic rings. The van der Waals surface area contributed by atoms with E-state index in [2.05, 4.69) is 9.97 Å². The normalized spacial score (nSPS) is 11.2. The van der Waals surface area contributed by atoms with Crippen molar-refractivity contribution in [1.29, 1.82) is 0 Å². The van der Waals surface area contributed by atoms with Crippen molar-refractivity contribution >= 4 is 10.9 Å². The van der Waals surface area contributed by atoms with Crippen LogP contribution in [0.1, 0.15) is 11.6 Å². The van der Waals surface area contributed by atoms with Crippen LogP contribution in [0.15, 0.2) is 28.8 Å². The van der Waals surface area contributed by atoms with E-state index in [1.807, 2.05) is 13.0 Å². The zero-order valence-electron chi connectivity index (χ0n) is 9.90. The summed E-state index contributed by atoms with van der Waals surface area (Å²) in [5.74, 6) is 1.38. The van der Waals surface area contributed by atoms with Crippen LogP contribution in [0.2, 0.25) is 0 Å². The van der Waals surface area contributed by atoms with Gasteiger partial charge in [-0.3, -0.25) is 0 Å². The van der Waals surface area contributed by atoms with E-state index >= 15 is 0 Å². The van der Waals surface area contributed by atoms with Crippen LogP contribution in [0.4, 0.5) is 0 Å². The highest BCUT2D eigenvalue weighted by atomic mass is 16.4. The minimum atomic E-state index is 0.223. The van der Waals surface area contributed by atoms with Gasteiger partial charge in [0.15, 0.2) is 5.76 Å². The number of fused-ring (bicyclic) bond motifs is 1. The second-order valence-electron chi connectivity index (χ2n) is 4.18. The van der Waals surface area contributed by atoms with Gasteiger partial charge in [-0.15, -0.1) is 0 Å². The van der Waals surface area contributed by atoms with E-state index in [-0.39, 0.29) is 12.3 Å². The second kappa shape index (κ2) is 3.89. The molecule has 0 radical (unpaired) electrons. The number of nitrogens with zero attached hydrogens (tertiary/aromatic N) is 1. The number of aromatic hydroxyl groups is 1. The predicted octanol–water partition coefficient (Wildman–Crippen LogP) is 2.30. The number of benzene rings is 1. The molecule has 2 aromatic heterocycles. The first-order chi connectivity index (χ1) is 8.69. The molecule has 18 heavy (non-hydrogen) atoms. The number of hydrogen-bond acceptors (Lipinski definition) is 4. The number of oxazole rings is 1. The largest absolute Gasteiger partial charge is 0.508 e. The third-order valence-corrected chi connectivity index (χ3v) is 2.94. The Labute approximate surface area is 103 Å². The third-order valence-electron chi connectivity index (χ3n) is 2.94. The number of hydrogen-bond donors (Lipinski definition) is 3. The van der Waals surface area contributed by atoms with Gasteiger partial charge in [-0.2, -0.15) is 0 Å². The molecule has 0 unspecified atom stereocenters. The van der Waals surface area contributed by atoms with Crippen LogP contribution in [0.25, 0.3) is 22.2 Å². The zero-order valence-corrected chi connectivity index (χ0v) is 9.90. The van der Waals surface area contributed by atoms with Gasteiger partial charge in [0.1, 0.15) is 5.75 Å². The highest BCUT2D eigenvalue weighted by molar-refractivity contribution is 5.96. The topological polar surface area (TPSA) is 88.1 Å². The minimum absolute atomic E-state index is 0.223. The lowest BCUT2D eigenvalue weighted by Crippen LogP contribution is -1.94. The van der Waals surface area contributed by atoms with Crippen molar-refractivity contribution in [2.24, 2.45) is 5.73 Å². The van der Waals surface area contributed by atoms with Gasteiger partial charge >= 0.3 is 0 Å². The molecule has 0 saturated carbocycles. The van der Waals surface area contributed by atoms with Gasteiger partial charge in [-0.1, -0.05) is 0 Å². The Morgan fingerprint density at radius 1 is 1.44 bits per heavy atom. The fourth-order valence-corrected chi connectivity index (χ4v) is 2.15. The predicted molar refractivity (Wildman–Crippen MR) is 68.1 cm³/mol. The van der Waals surface area contributed by atoms with Crippen molar-refractivity contribution in [1.82, 2.24) is 9.97 Å². The molecule has 5 nitrogen and oxygen atoms in total. The quantitative estimate of drug-likeness (QED) is 0.644. The van der Waals surface area contributed by atoms with Crippen LogP contribution in [0.5, 0.6) is 5.75 Å². The molecule has 92 valence electrons. The number of nitrogens with one attached hydrogen (secondary N) is 1. The van der Waals surface area contributed by atoms with Gasteiger partial charge < -0.3 is 20.2 Å². The lowest BCUT2D eigenvalue weighted by molar-refractivity contribution is 0.476. The average Bonchev–Trinajstić information content (AvgIpc) is 2.92. The van der Waals surface area contributed by atoms with Gasteiger partial charge in [0.05, 0.1) is 12.7 Å². The Morgan fingerprint density at radius 3 is 3.00 bits per heavy atom. The summed E-state index contributed by atoms with van der Waals surface area (Å²) in [7, 11) is 0. The third kappa shape index (κ3) is 1.56. The van der Waals surface area contributed by atoms with Crippen LogP contribution >= 0.6 is 0 Å². The summed E-state index contributed by atoms with van der Waals surface area (Å²) < 4.78 is 5.57. The molecule has 5 heteroatoms. The first-order valence-electron chi connectivity index (χ1n) is 5.65. The molecule has 4 N–H and O–H groups in total. The number of phenolic OH excluding ortho intramolecular Hbond substituents is 1.